The normalized spacial score (nSPS) is 35.5. The Bertz CT molecular complexity index is 228. The van der Waals surface area contributed by atoms with Crippen molar-refractivity contribution in [3.05, 3.63) is 0 Å². The lowest BCUT2D eigenvalue weighted by Crippen LogP contribution is -2.43. The summed E-state index contributed by atoms with van der Waals surface area (Å²) in [4.78, 5) is 13.9. The predicted octanol–water partition coefficient (Wildman–Crippen LogP) is 1.95. The third kappa shape index (κ3) is 2.33. The fourth-order valence-electron chi connectivity index (χ4n) is 2.91. The van der Waals surface area contributed by atoms with Gasteiger partial charge in [0.15, 0.2) is 0 Å². The molecule has 2 unspecified atom stereocenters. The van der Waals surface area contributed by atoms with E-state index in [1.807, 2.05) is 6.92 Å². The summed E-state index contributed by atoms with van der Waals surface area (Å²) in [5.41, 5.74) is 0. The van der Waals surface area contributed by atoms with Crippen molar-refractivity contribution in [2.45, 2.75) is 63.6 Å². The number of nitrogens with zero attached hydrogens (tertiary/aromatic N) is 1. The molecule has 3 heteroatoms. The second kappa shape index (κ2) is 4.52. The number of carbonyl (C=O) groups excluding carboxylic acids is 1. The smallest absolute Gasteiger partial charge is 0.306 e. The van der Waals surface area contributed by atoms with Crippen LogP contribution in [0.25, 0.3) is 0 Å². The van der Waals surface area contributed by atoms with Gasteiger partial charge < -0.3 is 9.64 Å². The van der Waals surface area contributed by atoms with Gasteiger partial charge in [-0.05, 0) is 39.2 Å². The van der Waals surface area contributed by atoms with Crippen LogP contribution in [0.5, 0.6) is 0 Å². The van der Waals surface area contributed by atoms with E-state index in [-0.39, 0.29) is 12.1 Å². The minimum absolute atomic E-state index is 0.00791. The molecule has 0 aromatic rings. The van der Waals surface area contributed by atoms with Crippen molar-refractivity contribution in [2.75, 3.05) is 7.05 Å². The first kappa shape index (κ1) is 10.9. The Hall–Kier alpha value is -0.570. The molecule has 2 rings (SSSR count). The van der Waals surface area contributed by atoms with Gasteiger partial charge in [-0.25, -0.2) is 0 Å². The second-order valence-corrected chi connectivity index (χ2v) is 4.88. The molecule has 0 N–H and O–H groups in total. The van der Waals surface area contributed by atoms with Crippen molar-refractivity contribution >= 4 is 5.97 Å². The van der Waals surface area contributed by atoms with Crippen molar-refractivity contribution < 1.29 is 9.53 Å². The van der Waals surface area contributed by atoms with Gasteiger partial charge in [0.05, 0.1) is 0 Å². The molecular weight excluding hydrogens is 190 g/mol. The zero-order chi connectivity index (χ0) is 10.8. The standard InChI is InChI=1S/C12H21NO2/c1-3-4-12(14)15-11-7-9-5-6-10(8-11)13(9)2/h9-11H,3-8H2,1-2H3. The minimum Gasteiger partial charge on any atom is -0.462 e. The number of hydrogen-bond donors (Lipinski definition) is 0. The average Bonchev–Trinajstić information content (AvgIpc) is 2.43. The number of fused-ring (bicyclic) bond motifs is 2. The van der Waals surface area contributed by atoms with Crippen LogP contribution in [0.2, 0.25) is 0 Å². The molecule has 0 aromatic carbocycles. The third-order valence-electron chi connectivity index (χ3n) is 3.81. The van der Waals surface area contributed by atoms with Gasteiger partial charge in [0.1, 0.15) is 6.10 Å². The first-order valence-electron chi connectivity index (χ1n) is 6.12. The summed E-state index contributed by atoms with van der Waals surface area (Å²) in [6.07, 6.45) is 6.30. The Morgan fingerprint density at radius 1 is 1.33 bits per heavy atom. The Kier molecular flexibility index (Phi) is 3.29. The molecule has 0 amide bonds. The van der Waals surface area contributed by atoms with Crippen molar-refractivity contribution in [1.29, 1.82) is 0 Å². The highest BCUT2D eigenvalue weighted by molar-refractivity contribution is 5.69. The molecule has 0 saturated carbocycles. The third-order valence-corrected chi connectivity index (χ3v) is 3.81. The fourth-order valence-corrected chi connectivity index (χ4v) is 2.91. The minimum atomic E-state index is -0.00791. The summed E-state index contributed by atoms with van der Waals surface area (Å²) in [7, 11) is 2.20. The maximum atomic E-state index is 11.4. The van der Waals surface area contributed by atoms with Gasteiger partial charge in [0, 0.05) is 18.5 Å². The van der Waals surface area contributed by atoms with Crippen molar-refractivity contribution in [3.63, 3.8) is 0 Å². The second-order valence-electron chi connectivity index (χ2n) is 4.88. The van der Waals surface area contributed by atoms with Gasteiger partial charge >= 0.3 is 5.97 Å². The zero-order valence-electron chi connectivity index (χ0n) is 9.74. The molecule has 2 fully saturated rings. The van der Waals surface area contributed by atoms with E-state index in [4.69, 9.17) is 4.74 Å². The number of esters is 1. The van der Waals surface area contributed by atoms with Gasteiger partial charge in [-0.2, -0.15) is 0 Å². The van der Waals surface area contributed by atoms with Crippen LogP contribution in [-0.4, -0.2) is 36.1 Å². The molecule has 2 saturated heterocycles. The van der Waals surface area contributed by atoms with Crippen molar-refractivity contribution in [2.24, 2.45) is 0 Å². The van der Waals surface area contributed by atoms with Crippen LogP contribution in [0, 0.1) is 0 Å². The Morgan fingerprint density at radius 3 is 2.47 bits per heavy atom. The maximum absolute atomic E-state index is 11.4. The van der Waals surface area contributed by atoms with E-state index in [1.165, 1.54) is 12.8 Å². The van der Waals surface area contributed by atoms with E-state index < -0.39 is 0 Å². The summed E-state index contributed by atoms with van der Waals surface area (Å²) >= 11 is 0. The van der Waals surface area contributed by atoms with E-state index in [2.05, 4.69) is 11.9 Å². The van der Waals surface area contributed by atoms with E-state index in [9.17, 15) is 4.79 Å². The van der Waals surface area contributed by atoms with Crippen LogP contribution >= 0.6 is 0 Å². The SMILES string of the molecule is CCCC(=O)OC1CC2CCC(C1)N2C. The van der Waals surface area contributed by atoms with Gasteiger partial charge in [-0.3, -0.25) is 4.79 Å². The molecule has 15 heavy (non-hydrogen) atoms. The lowest BCUT2D eigenvalue weighted by Gasteiger charge is -2.35. The van der Waals surface area contributed by atoms with E-state index in [1.54, 1.807) is 0 Å². The predicted molar refractivity (Wildman–Crippen MR) is 58.6 cm³/mol. The van der Waals surface area contributed by atoms with Crippen LogP contribution in [-0.2, 0) is 9.53 Å². The summed E-state index contributed by atoms with van der Waals surface area (Å²) in [6, 6.07) is 1.31. The fraction of sp³-hybridized carbons (Fsp3) is 0.917. The summed E-state index contributed by atoms with van der Waals surface area (Å²) in [5.74, 6) is -0.00791. The zero-order valence-corrected chi connectivity index (χ0v) is 9.74. The molecule has 2 heterocycles. The molecule has 3 nitrogen and oxygen atoms in total. The first-order valence-corrected chi connectivity index (χ1v) is 6.12. The van der Waals surface area contributed by atoms with E-state index >= 15 is 0 Å². The van der Waals surface area contributed by atoms with Gasteiger partial charge in [-0.1, -0.05) is 6.92 Å². The summed E-state index contributed by atoms with van der Waals surface area (Å²) < 4.78 is 5.50. The maximum Gasteiger partial charge on any atom is 0.306 e. The van der Waals surface area contributed by atoms with E-state index in [0.717, 1.165) is 19.3 Å². The van der Waals surface area contributed by atoms with Crippen molar-refractivity contribution in [1.82, 2.24) is 4.90 Å². The molecule has 86 valence electrons. The lowest BCUT2D eigenvalue weighted by molar-refractivity contribution is -0.152. The topological polar surface area (TPSA) is 29.5 Å². The summed E-state index contributed by atoms with van der Waals surface area (Å²) in [5, 5.41) is 0. The highest BCUT2D eigenvalue weighted by Gasteiger charge is 2.39. The van der Waals surface area contributed by atoms with Gasteiger partial charge in [0.25, 0.3) is 0 Å². The lowest BCUT2D eigenvalue weighted by atomic mass is 10.0. The monoisotopic (exact) mass is 211 g/mol. The molecule has 0 aliphatic carbocycles. The van der Waals surface area contributed by atoms with Gasteiger partial charge in [0.2, 0.25) is 0 Å². The molecule has 2 bridgehead atoms. The van der Waals surface area contributed by atoms with Gasteiger partial charge in [-0.15, -0.1) is 0 Å². The van der Waals surface area contributed by atoms with Crippen molar-refractivity contribution in [3.8, 4) is 0 Å². The molecule has 0 spiro atoms. The van der Waals surface area contributed by atoms with Crippen LogP contribution in [0.1, 0.15) is 45.4 Å². The summed E-state index contributed by atoms with van der Waals surface area (Å²) in [6.45, 7) is 2.01. The number of hydrogen-bond acceptors (Lipinski definition) is 3. The number of rotatable bonds is 3. The van der Waals surface area contributed by atoms with Crippen LogP contribution in [0.4, 0.5) is 0 Å². The molecule has 2 atom stereocenters. The Balaban J connectivity index is 1.84. The molecule has 0 radical (unpaired) electrons. The Morgan fingerprint density at radius 2 is 1.93 bits per heavy atom. The number of carbonyl (C=O) groups is 1. The highest BCUT2D eigenvalue weighted by Crippen LogP contribution is 2.35. The molecule has 2 aliphatic rings. The Labute approximate surface area is 91.8 Å². The van der Waals surface area contributed by atoms with Crippen LogP contribution < -0.4 is 0 Å². The number of piperidine rings is 1. The number of ether oxygens (including phenoxy) is 1. The molecule has 2 aliphatic heterocycles. The largest absolute Gasteiger partial charge is 0.462 e. The highest BCUT2D eigenvalue weighted by atomic mass is 16.5. The van der Waals surface area contributed by atoms with Crippen LogP contribution in [0.15, 0.2) is 0 Å². The quantitative estimate of drug-likeness (QED) is 0.668. The molecule has 0 aromatic heterocycles. The van der Waals surface area contributed by atoms with E-state index in [0.29, 0.717) is 18.5 Å². The van der Waals surface area contributed by atoms with Crippen LogP contribution in [0.3, 0.4) is 0 Å². The average molecular weight is 211 g/mol. The molecular formula is C12H21NO2. The first-order chi connectivity index (χ1) is 7.20.